The van der Waals surface area contributed by atoms with Crippen molar-refractivity contribution in [1.29, 1.82) is 5.26 Å². The molecule has 1 saturated carbocycles. The zero-order valence-corrected chi connectivity index (χ0v) is 13.5. The maximum Gasteiger partial charge on any atom is 0.179 e. The van der Waals surface area contributed by atoms with Crippen molar-refractivity contribution in [1.82, 2.24) is 4.90 Å². The lowest BCUT2D eigenvalue weighted by molar-refractivity contribution is 0.00268. The van der Waals surface area contributed by atoms with E-state index >= 15 is 0 Å². The highest BCUT2D eigenvalue weighted by atomic mass is 16.5. The van der Waals surface area contributed by atoms with Gasteiger partial charge in [-0.15, -0.1) is 0 Å². The summed E-state index contributed by atoms with van der Waals surface area (Å²) in [6.45, 7) is 3.31. The smallest absolute Gasteiger partial charge is 0.179 e. The molecule has 1 aliphatic heterocycles. The molecule has 1 saturated heterocycles. The van der Waals surface area contributed by atoms with Gasteiger partial charge in [-0.1, -0.05) is 19.4 Å². The van der Waals surface area contributed by atoms with Gasteiger partial charge in [0, 0.05) is 18.0 Å². The van der Waals surface area contributed by atoms with Crippen LogP contribution in [-0.4, -0.2) is 24.6 Å². The summed E-state index contributed by atoms with van der Waals surface area (Å²) in [4.78, 5) is 2.06. The summed E-state index contributed by atoms with van der Waals surface area (Å²) in [6, 6.07) is 7.01. The van der Waals surface area contributed by atoms with E-state index in [0.717, 1.165) is 31.1 Å². The Morgan fingerprint density at radius 1 is 1.36 bits per heavy atom. The van der Waals surface area contributed by atoms with Crippen molar-refractivity contribution in [3.05, 3.63) is 29.3 Å². The molecule has 2 bridgehead atoms. The van der Waals surface area contributed by atoms with E-state index in [9.17, 15) is 5.26 Å². The lowest BCUT2D eigenvalue weighted by Gasteiger charge is -2.59. The van der Waals surface area contributed by atoms with Crippen molar-refractivity contribution in [2.45, 2.75) is 50.5 Å². The monoisotopic (exact) mass is 296 g/mol. The first kappa shape index (κ1) is 13.9. The molecule has 3 heteroatoms. The molecule has 0 N–H and O–H groups in total. The van der Waals surface area contributed by atoms with Crippen LogP contribution in [0.1, 0.15) is 43.7 Å². The molecule has 4 atom stereocenters. The second kappa shape index (κ2) is 4.91. The molecule has 2 fully saturated rings. The first-order chi connectivity index (χ1) is 10.7. The van der Waals surface area contributed by atoms with Gasteiger partial charge in [-0.2, -0.15) is 5.26 Å². The number of fused-ring (bicyclic) bond motifs is 1. The molecule has 0 aromatic heterocycles. The normalized spacial score (nSPS) is 36.0. The third-order valence-electron chi connectivity index (χ3n) is 6.47. The number of likely N-dealkylation sites (tertiary alicyclic amines) is 1. The Morgan fingerprint density at radius 2 is 2.23 bits per heavy atom. The lowest BCUT2D eigenvalue weighted by Crippen LogP contribution is -2.60. The number of nitrogens with zero attached hydrogens (tertiary/aromatic N) is 2. The maximum absolute atomic E-state index is 9.53. The van der Waals surface area contributed by atoms with E-state index in [4.69, 9.17) is 4.74 Å². The molecule has 116 valence electrons. The number of nitriles is 1. The van der Waals surface area contributed by atoms with Crippen LogP contribution < -0.4 is 4.74 Å². The molecule has 3 aliphatic rings. The summed E-state index contributed by atoms with van der Waals surface area (Å²) >= 11 is 0. The number of piperidine rings is 1. The van der Waals surface area contributed by atoms with Crippen LogP contribution in [-0.2, 0) is 11.8 Å². The van der Waals surface area contributed by atoms with Gasteiger partial charge in [0.15, 0.2) is 6.19 Å². The van der Waals surface area contributed by atoms with Crippen molar-refractivity contribution in [2.75, 3.05) is 13.7 Å². The molecule has 22 heavy (non-hydrogen) atoms. The van der Waals surface area contributed by atoms with Gasteiger partial charge in [-0.3, -0.25) is 0 Å². The van der Waals surface area contributed by atoms with Gasteiger partial charge >= 0.3 is 0 Å². The van der Waals surface area contributed by atoms with Crippen molar-refractivity contribution < 1.29 is 4.74 Å². The molecule has 3 nitrogen and oxygen atoms in total. The zero-order chi connectivity index (χ0) is 15.3. The van der Waals surface area contributed by atoms with E-state index in [1.54, 1.807) is 7.11 Å². The van der Waals surface area contributed by atoms with Gasteiger partial charge in [0.25, 0.3) is 0 Å². The number of benzene rings is 1. The van der Waals surface area contributed by atoms with Crippen molar-refractivity contribution in [3.63, 3.8) is 0 Å². The van der Waals surface area contributed by atoms with Gasteiger partial charge in [0.1, 0.15) is 5.75 Å². The van der Waals surface area contributed by atoms with Crippen LogP contribution in [0.3, 0.4) is 0 Å². The quantitative estimate of drug-likeness (QED) is 0.744. The first-order valence-corrected chi connectivity index (χ1v) is 8.52. The van der Waals surface area contributed by atoms with E-state index < -0.39 is 0 Å². The second-order valence-corrected chi connectivity index (χ2v) is 7.49. The van der Waals surface area contributed by atoms with Crippen LogP contribution in [0.15, 0.2) is 18.2 Å². The lowest BCUT2D eigenvalue weighted by atomic mass is 9.51. The Bertz CT molecular complexity index is 635. The molecule has 4 rings (SSSR count). The Balaban J connectivity index is 1.87. The van der Waals surface area contributed by atoms with Crippen LogP contribution in [0.25, 0.3) is 0 Å². The maximum atomic E-state index is 9.53. The predicted molar refractivity (Wildman–Crippen MR) is 85.6 cm³/mol. The van der Waals surface area contributed by atoms with Crippen LogP contribution in [0.5, 0.6) is 5.75 Å². The fourth-order valence-corrected chi connectivity index (χ4v) is 5.54. The topological polar surface area (TPSA) is 36.3 Å². The number of hydrogen-bond donors (Lipinski definition) is 0. The Labute approximate surface area is 132 Å². The van der Waals surface area contributed by atoms with E-state index in [2.05, 4.69) is 36.2 Å². The highest BCUT2D eigenvalue weighted by molar-refractivity contribution is 5.46. The largest absolute Gasteiger partial charge is 0.497 e. The summed E-state index contributed by atoms with van der Waals surface area (Å²) in [6.07, 6.45) is 8.44. The van der Waals surface area contributed by atoms with Crippen LogP contribution >= 0.6 is 0 Å². The molecule has 1 aromatic carbocycles. The molecule has 0 amide bonds. The summed E-state index contributed by atoms with van der Waals surface area (Å²) in [5.41, 5.74) is 3.24. The molecule has 0 radical (unpaired) electrons. The zero-order valence-electron chi connectivity index (χ0n) is 13.5. The fraction of sp³-hybridized carbons (Fsp3) is 0.632. The van der Waals surface area contributed by atoms with Crippen molar-refractivity contribution >= 4 is 0 Å². The van der Waals surface area contributed by atoms with E-state index in [1.807, 2.05) is 0 Å². The summed E-state index contributed by atoms with van der Waals surface area (Å²) in [5.74, 6) is 2.39. The molecule has 2 aliphatic carbocycles. The van der Waals surface area contributed by atoms with Crippen molar-refractivity contribution in [3.8, 4) is 11.9 Å². The third-order valence-corrected chi connectivity index (χ3v) is 6.47. The highest BCUT2D eigenvalue weighted by Crippen LogP contribution is 2.57. The molecular weight excluding hydrogens is 272 g/mol. The Morgan fingerprint density at radius 3 is 3.00 bits per heavy atom. The summed E-state index contributed by atoms with van der Waals surface area (Å²) in [5, 5.41) is 9.53. The Kier molecular flexibility index (Phi) is 3.11. The first-order valence-electron chi connectivity index (χ1n) is 8.52. The average Bonchev–Trinajstić information content (AvgIpc) is 2.54. The molecule has 1 aromatic rings. The summed E-state index contributed by atoms with van der Waals surface area (Å²) in [7, 11) is 1.75. The minimum absolute atomic E-state index is 0.276. The van der Waals surface area contributed by atoms with Crippen LogP contribution in [0.2, 0.25) is 0 Å². The van der Waals surface area contributed by atoms with Crippen molar-refractivity contribution in [2.24, 2.45) is 11.8 Å². The number of rotatable bonds is 1. The standard InChI is InChI=1S/C19H24N2O/c1-13-3-6-16-18-9-14-4-5-15(22-2)10-17(14)19(16,11-13)7-8-21(18)12-20/h4-5,10,13,16,18H,3,6-9,11H2,1-2H3/t13?,16-,18+,19-/m0/s1. The molecule has 1 heterocycles. The second-order valence-electron chi connectivity index (χ2n) is 7.49. The third kappa shape index (κ3) is 1.79. The van der Waals surface area contributed by atoms with Gasteiger partial charge in [0.05, 0.1) is 7.11 Å². The number of hydrogen-bond acceptors (Lipinski definition) is 3. The fourth-order valence-electron chi connectivity index (χ4n) is 5.54. The van der Waals surface area contributed by atoms with E-state index in [1.165, 1.54) is 30.4 Å². The van der Waals surface area contributed by atoms with Crippen LogP contribution in [0, 0.1) is 23.3 Å². The molecule has 0 spiro atoms. The van der Waals surface area contributed by atoms with E-state index in [-0.39, 0.29) is 5.41 Å². The average molecular weight is 296 g/mol. The number of ether oxygens (including phenoxy) is 1. The van der Waals surface area contributed by atoms with Gasteiger partial charge in [-0.25, -0.2) is 0 Å². The molecular formula is C19H24N2O. The molecule has 1 unspecified atom stereocenters. The van der Waals surface area contributed by atoms with Crippen LogP contribution in [0.4, 0.5) is 0 Å². The van der Waals surface area contributed by atoms with Gasteiger partial charge < -0.3 is 9.64 Å². The highest BCUT2D eigenvalue weighted by Gasteiger charge is 2.55. The minimum Gasteiger partial charge on any atom is -0.497 e. The number of methoxy groups -OCH3 is 1. The van der Waals surface area contributed by atoms with Gasteiger partial charge in [0.2, 0.25) is 0 Å². The Hall–Kier alpha value is -1.69. The van der Waals surface area contributed by atoms with Gasteiger partial charge in [-0.05, 0) is 60.8 Å². The van der Waals surface area contributed by atoms with E-state index in [0.29, 0.717) is 12.0 Å². The summed E-state index contributed by atoms with van der Waals surface area (Å²) < 4.78 is 5.50. The predicted octanol–water partition coefficient (Wildman–Crippen LogP) is 3.48. The minimum atomic E-state index is 0.276. The SMILES string of the molecule is COc1ccc2c(c1)[C@]13CCN(C#N)[C@H](C2)[C@@H]1CCC(C)C3.